The summed E-state index contributed by atoms with van der Waals surface area (Å²) < 4.78 is 4.32. The standard InChI is InChI=1S/C27H26N4.C27H25N4.Ir/c2*1-18(2)24-14-23(22-9-6-10-29-17-22)15-25(19(3)4)26(24)31-12-11-30-27(31)21-8-5-7-20(13-21)16-28;/h5-15,17-19H,1-4H3;5-7,9-15,17-19H,1-4H3;/q;-1;. The Morgan fingerprint density at radius 3 is 1.38 bits per heavy atom. The van der Waals surface area contributed by atoms with Gasteiger partial charge in [0.2, 0.25) is 0 Å². The zero-order valence-electron chi connectivity index (χ0n) is 37.0. The summed E-state index contributed by atoms with van der Waals surface area (Å²) in [5.74, 6) is 2.90. The molecular weight excluding hydrogens is 953 g/mol. The van der Waals surface area contributed by atoms with Gasteiger partial charge in [0, 0.05) is 92.1 Å². The van der Waals surface area contributed by atoms with Crippen LogP contribution in [0.1, 0.15) is 112 Å². The monoisotopic (exact) mass is 1000 g/mol. The minimum Gasteiger partial charge on any atom is -0.340 e. The normalized spacial score (nSPS) is 11.0. The van der Waals surface area contributed by atoms with Crippen LogP contribution < -0.4 is 0 Å². The molecule has 0 N–H and O–H groups in total. The van der Waals surface area contributed by atoms with Gasteiger partial charge in [0.05, 0.1) is 29.2 Å². The summed E-state index contributed by atoms with van der Waals surface area (Å²) in [7, 11) is 0. The molecule has 0 atom stereocenters. The molecule has 0 aliphatic rings. The van der Waals surface area contributed by atoms with Crippen molar-refractivity contribution in [3.63, 3.8) is 0 Å². The predicted molar refractivity (Wildman–Crippen MR) is 249 cm³/mol. The molecule has 0 spiro atoms. The van der Waals surface area contributed by atoms with Crippen LogP contribution >= 0.6 is 0 Å². The minimum atomic E-state index is 0. The van der Waals surface area contributed by atoms with Crippen molar-refractivity contribution in [2.24, 2.45) is 0 Å². The summed E-state index contributed by atoms with van der Waals surface area (Å²) in [5, 5.41) is 18.7. The van der Waals surface area contributed by atoms with Crippen LogP contribution in [0.5, 0.6) is 0 Å². The van der Waals surface area contributed by atoms with Gasteiger partial charge in [0.15, 0.2) is 0 Å². The molecule has 8 nitrogen and oxygen atoms in total. The summed E-state index contributed by atoms with van der Waals surface area (Å²) in [4.78, 5) is 17.9. The van der Waals surface area contributed by atoms with Gasteiger partial charge < -0.3 is 4.57 Å². The maximum atomic E-state index is 9.34. The average Bonchev–Trinajstić information content (AvgIpc) is 4.00. The number of benzene rings is 4. The molecule has 0 aliphatic carbocycles. The van der Waals surface area contributed by atoms with E-state index in [9.17, 15) is 10.5 Å². The number of nitrogens with zero attached hydrogens (tertiary/aromatic N) is 8. The van der Waals surface area contributed by atoms with Gasteiger partial charge in [-0.2, -0.15) is 10.5 Å². The molecule has 8 aromatic rings. The fourth-order valence-electron chi connectivity index (χ4n) is 7.85. The first-order valence-electron chi connectivity index (χ1n) is 21.2. The number of hydrogen-bond donors (Lipinski definition) is 0. The van der Waals surface area contributed by atoms with Gasteiger partial charge >= 0.3 is 0 Å². The summed E-state index contributed by atoms with van der Waals surface area (Å²) in [6.07, 6.45) is 15.1. The van der Waals surface area contributed by atoms with Crippen LogP contribution in [0, 0.1) is 28.7 Å². The summed E-state index contributed by atoms with van der Waals surface area (Å²) in [6.45, 7) is 17.8. The van der Waals surface area contributed by atoms with Crippen LogP contribution in [-0.4, -0.2) is 29.1 Å². The van der Waals surface area contributed by atoms with Gasteiger partial charge in [-0.05, 0) is 111 Å². The van der Waals surface area contributed by atoms with Crippen LogP contribution in [0.2, 0.25) is 0 Å². The Labute approximate surface area is 385 Å². The predicted octanol–water partition coefficient (Wildman–Crippen LogP) is 13.2. The molecule has 4 aromatic carbocycles. The van der Waals surface area contributed by atoms with Crippen LogP contribution in [0.3, 0.4) is 0 Å². The number of pyridine rings is 2. The number of nitriles is 2. The molecule has 63 heavy (non-hydrogen) atoms. The fourth-order valence-corrected chi connectivity index (χ4v) is 7.85. The van der Waals surface area contributed by atoms with Crippen molar-refractivity contribution in [2.45, 2.75) is 79.1 Å². The Kier molecular flexibility index (Phi) is 14.8. The topological polar surface area (TPSA) is 109 Å². The van der Waals surface area contributed by atoms with E-state index in [4.69, 9.17) is 0 Å². The zero-order chi connectivity index (χ0) is 43.9. The molecule has 1 radical (unpaired) electrons. The van der Waals surface area contributed by atoms with Gasteiger partial charge in [-0.3, -0.25) is 19.5 Å². The summed E-state index contributed by atoms with van der Waals surface area (Å²) in [6, 6.07) is 37.9. The number of hydrogen-bond acceptors (Lipinski definition) is 6. The van der Waals surface area contributed by atoms with Crippen LogP contribution in [0.15, 0.2) is 141 Å². The smallest absolute Gasteiger partial charge is 0.144 e. The third kappa shape index (κ3) is 9.98. The zero-order valence-corrected chi connectivity index (χ0v) is 39.4. The van der Waals surface area contributed by atoms with E-state index < -0.39 is 0 Å². The molecule has 9 heteroatoms. The van der Waals surface area contributed by atoms with Gasteiger partial charge in [-0.25, -0.2) is 4.98 Å². The third-order valence-corrected chi connectivity index (χ3v) is 11.0. The van der Waals surface area contributed by atoms with Crippen LogP contribution in [0.25, 0.3) is 56.4 Å². The van der Waals surface area contributed by atoms with E-state index in [1.54, 1.807) is 24.5 Å². The van der Waals surface area contributed by atoms with E-state index in [0.717, 1.165) is 39.6 Å². The molecule has 0 fully saturated rings. The molecule has 317 valence electrons. The van der Waals surface area contributed by atoms with Gasteiger partial charge in [0.1, 0.15) is 5.82 Å². The summed E-state index contributed by atoms with van der Waals surface area (Å²) in [5.41, 5.74) is 14.9. The number of rotatable bonds is 10. The van der Waals surface area contributed by atoms with Crippen LogP contribution in [-0.2, 0) is 20.1 Å². The van der Waals surface area contributed by atoms with E-state index in [1.807, 2.05) is 79.6 Å². The second-order valence-electron chi connectivity index (χ2n) is 16.6. The second kappa shape index (κ2) is 20.4. The molecule has 0 bridgehead atoms. The second-order valence-corrected chi connectivity index (χ2v) is 16.6. The van der Waals surface area contributed by atoms with Crippen molar-refractivity contribution in [1.29, 1.82) is 10.5 Å². The van der Waals surface area contributed by atoms with E-state index in [-0.39, 0.29) is 20.1 Å². The Morgan fingerprint density at radius 1 is 0.492 bits per heavy atom. The first-order chi connectivity index (χ1) is 30.0. The molecule has 4 aromatic heterocycles. The van der Waals surface area contributed by atoms with Crippen molar-refractivity contribution in [2.75, 3.05) is 0 Å². The Morgan fingerprint density at radius 2 is 0.937 bits per heavy atom. The summed E-state index contributed by atoms with van der Waals surface area (Å²) >= 11 is 0. The van der Waals surface area contributed by atoms with Crippen molar-refractivity contribution in [3.05, 3.63) is 180 Å². The molecule has 0 amide bonds. The van der Waals surface area contributed by atoms with Gasteiger partial charge in [-0.15, -0.1) is 29.8 Å². The first kappa shape index (κ1) is 45.7. The average molecular weight is 1000 g/mol. The molecule has 0 aliphatic heterocycles. The van der Waals surface area contributed by atoms with Gasteiger partial charge in [-0.1, -0.05) is 79.7 Å². The van der Waals surface area contributed by atoms with E-state index >= 15 is 0 Å². The quantitative estimate of drug-likeness (QED) is 0.126. The fraction of sp³-hybridized carbons (Fsp3) is 0.222. The number of aromatic nitrogens is 6. The van der Waals surface area contributed by atoms with E-state index in [2.05, 4.69) is 139 Å². The Balaban J connectivity index is 0.000000206. The molecule has 4 heterocycles. The van der Waals surface area contributed by atoms with E-state index in [1.165, 1.54) is 39.1 Å². The largest absolute Gasteiger partial charge is 0.340 e. The van der Waals surface area contributed by atoms with E-state index in [0.29, 0.717) is 34.8 Å². The van der Waals surface area contributed by atoms with Crippen molar-refractivity contribution in [3.8, 4) is 68.5 Å². The molecule has 0 saturated heterocycles. The van der Waals surface area contributed by atoms with Crippen molar-refractivity contribution in [1.82, 2.24) is 29.1 Å². The third-order valence-electron chi connectivity index (χ3n) is 11.0. The molecular formula is C54H51IrN8-. The molecule has 8 rings (SSSR count). The maximum absolute atomic E-state index is 9.34. The molecule has 0 saturated carbocycles. The first-order valence-corrected chi connectivity index (χ1v) is 21.2. The number of imidazole rings is 2. The van der Waals surface area contributed by atoms with Gasteiger partial charge in [0.25, 0.3) is 0 Å². The van der Waals surface area contributed by atoms with Crippen LogP contribution in [0.4, 0.5) is 0 Å². The maximum Gasteiger partial charge on any atom is 0.144 e. The van der Waals surface area contributed by atoms with Crippen molar-refractivity contribution >= 4 is 0 Å². The SMILES string of the molecule is CC(C)c1cc(-c2cccnc2)cc(C(C)C)c1-n1ccnc1-c1[c-]ccc(C#N)c1.CC(C)c1cc(-c2cccnc2)cc(C(C)C)c1-n1ccnc1-c1cccc(C#N)c1.[Ir]. The Bertz CT molecular complexity index is 2640. The van der Waals surface area contributed by atoms with Crippen molar-refractivity contribution < 1.29 is 20.1 Å². The Hall–Kier alpha value is -6.77. The molecule has 0 unspecified atom stereocenters. The minimum absolute atomic E-state index is 0.